The summed E-state index contributed by atoms with van der Waals surface area (Å²) in [7, 11) is 3.37. The fourth-order valence-electron chi connectivity index (χ4n) is 7.57. The molecule has 0 amide bonds. The van der Waals surface area contributed by atoms with Crippen molar-refractivity contribution in [3.8, 4) is 45.3 Å². The van der Waals surface area contributed by atoms with Crippen molar-refractivity contribution in [3.05, 3.63) is 168 Å². The van der Waals surface area contributed by atoms with E-state index in [1.54, 1.807) is 14.2 Å². The maximum absolute atomic E-state index is 12.5. The lowest BCUT2D eigenvalue weighted by Gasteiger charge is -2.19. The van der Waals surface area contributed by atoms with Gasteiger partial charge < -0.3 is 33.2 Å². The first kappa shape index (κ1) is 36.5. The summed E-state index contributed by atoms with van der Waals surface area (Å²) in [6.07, 6.45) is 3.35. The number of aromatic nitrogens is 2. The number of ether oxygens (including phenoxy) is 4. The molecule has 6 aromatic carbocycles. The summed E-state index contributed by atoms with van der Waals surface area (Å²) in [6.45, 7) is 6.49. The van der Waals surface area contributed by atoms with Gasteiger partial charge in [-0.05, 0) is 95.8 Å². The van der Waals surface area contributed by atoms with Crippen LogP contribution in [0.3, 0.4) is 0 Å². The number of methoxy groups -OCH3 is 2. The van der Waals surface area contributed by atoms with Gasteiger partial charge in [0, 0.05) is 47.4 Å². The standard InChI is InChI=1S/C49H46N2O5/c1-5-50-29-41(35-19-13-21-39(23-35)53-3)47-43(50)25-37(27-45(47)55-31-33-15-9-7-10-16-33)49(52)38-26-44-48(46(28-38)56-32-34-17-11-8-12-18-34)42(30-51(44)6-2)36-20-14-22-40(24-36)54-4/h7-30,49,52H,5-6,31-32H2,1-4H3. The molecule has 0 aliphatic heterocycles. The highest BCUT2D eigenvalue weighted by Crippen LogP contribution is 2.44. The molecule has 0 unspecified atom stereocenters. The molecule has 0 saturated carbocycles. The lowest BCUT2D eigenvalue weighted by Crippen LogP contribution is -2.05. The van der Waals surface area contributed by atoms with E-state index in [-0.39, 0.29) is 0 Å². The minimum atomic E-state index is -0.983. The van der Waals surface area contributed by atoms with E-state index >= 15 is 0 Å². The Labute approximate surface area is 327 Å². The second-order valence-corrected chi connectivity index (χ2v) is 13.9. The van der Waals surface area contributed by atoms with Gasteiger partial charge in [0.25, 0.3) is 0 Å². The second kappa shape index (κ2) is 16.1. The molecule has 7 heteroatoms. The van der Waals surface area contributed by atoms with E-state index in [0.717, 1.165) is 90.9 Å². The fraction of sp³-hybridized carbons (Fsp3) is 0.184. The SMILES string of the molecule is CCn1cc(-c2cccc(OC)c2)c2c(OCc3ccccc3)cc(C(O)c3cc(OCc4ccccc4)c4c(-c5cccc(OC)c5)cn(CC)c4c3)cc21. The maximum atomic E-state index is 12.5. The number of rotatable bonds is 14. The number of fused-ring (bicyclic) bond motifs is 2. The Balaban J connectivity index is 1.29. The Hall–Kier alpha value is -6.44. The van der Waals surface area contributed by atoms with Gasteiger partial charge in [0.15, 0.2) is 0 Å². The van der Waals surface area contributed by atoms with Crippen LogP contribution in [0.15, 0.2) is 146 Å². The molecule has 1 N–H and O–H groups in total. The van der Waals surface area contributed by atoms with Crippen LogP contribution in [0.1, 0.15) is 42.2 Å². The minimum Gasteiger partial charge on any atom is -0.497 e. The van der Waals surface area contributed by atoms with Crippen molar-refractivity contribution < 1.29 is 24.1 Å². The van der Waals surface area contributed by atoms with Crippen LogP contribution in [-0.2, 0) is 26.3 Å². The fourth-order valence-corrected chi connectivity index (χ4v) is 7.57. The van der Waals surface area contributed by atoms with Crippen molar-refractivity contribution in [2.24, 2.45) is 0 Å². The molecule has 0 spiro atoms. The topological polar surface area (TPSA) is 67.0 Å². The lowest BCUT2D eigenvalue weighted by molar-refractivity contribution is 0.218. The molecule has 0 radical (unpaired) electrons. The first-order valence-corrected chi connectivity index (χ1v) is 19.1. The summed E-state index contributed by atoms with van der Waals surface area (Å²) in [5.74, 6) is 2.96. The number of nitrogens with zero attached hydrogens (tertiary/aromatic N) is 2. The van der Waals surface area contributed by atoms with E-state index in [1.165, 1.54) is 0 Å². The van der Waals surface area contributed by atoms with Crippen LogP contribution in [0.25, 0.3) is 44.1 Å². The van der Waals surface area contributed by atoms with Gasteiger partial charge in [0.1, 0.15) is 42.3 Å². The Kier molecular flexibility index (Phi) is 10.5. The third kappa shape index (κ3) is 7.21. The van der Waals surface area contributed by atoms with E-state index in [2.05, 4.69) is 83.9 Å². The second-order valence-electron chi connectivity index (χ2n) is 13.9. The first-order valence-electron chi connectivity index (χ1n) is 19.1. The third-order valence-electron chi connectivity index (χ3n) is 10.5. The molecule has 7 nitrogen and oxygen atoms in total. The van der Waals surface area contributed by atoms with Gasteiger partial charge >= 0.3 is 0 Å². The van der Waals surface area contributed by atoms with Crippen molar-refractivity contribution in [2.45, 2.75) is 46.3 Å². The van der Waals surface area contributed by atoms with Crippen molar-refractivity contribution in [3.63, 3.8) is 0 Å². The van der Waals surface area contributed by atoms with Gasteiger partial charge in [-0.2, -0.15) is 0 Å². The Bertz CT molecular complexity index is 2430. The predicted molar refractivity (Wildman–Crippen MR) is 225 cm³/mol. The smallest absolute Gasteiger partial charge is 0.130 e. The zero-order valence-electron chi connectivity index (χ0n) is 32.2. The number of benzene rings is 6. The normalized spacial score (nSPS) is 11.4. The molecule has 2 aromatic heterocycles. The van der Waals surface area contributed by atoms with Crippen LogP contribution in [0, 0.1) is 0 Å². The van der Waals surface area contributed by atoms with Crippen molar-refractivity contribution in [1.82, 2.24) is 9.13 Å². The average Bonchev–Trinajstić information content (AvgIpc) is 3.84. The molecule has 0 saturated heterocycles. The van der Waals surface area contributed by atoms with E-state index in [9.17, 15) is 5.11 Å². The zero-order chi connectivity index (χ0) is 38.6. The number of aryl methyl sites for hydroxylation is 2. The Morgan fingerprint density at radius 3 is 1.34 bits per heavy atom. The van der Waals surface area contributed by atoms with E-state index in [0.29, 0.717) is 24.7 Å². The van der Waals surface area contributed by atoms with Gasteiger partial charge in [-0.3, -0.25) is 0 Å². The molecule has 56 heavy (non-hydrogen) atoms. The van der Waals surface area contributed by atoms with Gasteiger partial charge in [0.2, 0.25) is 0 Å². The number of hydrogen-bond donors (Lipinski definition) is 1. The van der Waals surface area contributed by atoms with Crippen molar-refractivity contribution >= 4 is 21.8 Å². The van der Waals surface area contributed by atoms with Crippen LogP contribution in [0.4, 0.5) is 0 Å². The summed E-state index contributed by atoms with van der Waals surface area (Å²) in [4.78, 5) is 0. The van der Waals surface area contributed by atoms with E-state index in [4.69, 9.17) is 18.9 Å². The monoisotopic (exact) mass is 742 g/mol. The highest BCUT2D eigenvalue weighted by atomic mass is 16.5. The molecule has 8 rings (SSSR count). The molecule has 0 bridgehead atoms. The average molecular weight is 743 g/mol. The summed E-state index contributed by atoms with van der Waals surface area (Å²) in [5, 5.41) is 14.4. The van der Waals surface area contributed by atoms with Crippen LogP contribution >= 0.6 is 0 Å². The molecule has 282 valence electrons. The van der Waals surface area contributed by atoms with E-state index in [1.807, 2.05) is 84.9 Å². The third-order valence-corrected chi connectivity index (χ3v) is 10.5. The summed E-state index contributed by atoms with van der Waals surface area (Å²) >= 11 is 0. The van der Waals surface area contributed by atoms with Crippen LogP contribution in [0.2, 0.25) is 0 Å². The number of aliphatic hydroxyl groups is 1. The molecule has 0 aliphatic carbocycles. The number of aliphatic hydroxyl groups excluding tert-OH is 1. The summed E-state index contributed by atoms with van der Waals surface area (Å²) in [5.41, 5.74) is 9.64. The molecular formula is C49H46N2O5. The molecule has 0 fully saturated rings. The lowest BCUT2D eigenvalue weighted by atomic mass is 9.95. The number of hydrogen-bond acceptors (Lipinski definition) is 5. The molecule has 2 heterocycles. The van der Waals surface area contributed by atoms with Crippen molar-refractivity contribution in [2.75, 3.05) is 14.2 Å². The van der Waals surface area contributed by atoms with Gasteiger partial charge in [-0.1, -0.05) is 84.9 Å². The summed E-state index contributed by atoms with van der Waals surface area (Å²) in [6, 6.07) is 44.7. The Morgan fingerprint density at radius 2 is 0.946 bits per heavy atom. The summed E-state index contributed by atoms with van der Waals surface area (Å²) < 4.78 is 29.1. The quantitative estimate of drug-likeness (QED) is 0.120. The Morgan fingerprint density at radius 1 is 0.518 bits per heavy atom. The van der Waals surface area contributed by atoms with E-state index < -0.39 is 6.10 Å². The van der Waals surface area contributed by atoms with Gasteiger partial charge in [-0.15, -0.1) is 0 Å². The maximum Gasteiger partial charge on any atom is 0.130 e. The van der Waals surface area contributed by atoms with Gasteiger partial charge in [-0.25, -0.2) is 0 Å². The largest absolute Gasteiger partial charge is 0.497 e. The van der Waals surface area contributed by atoms with Gasteiger partial charge in [0.05, 0.1) is 25.3 Å². The zero-order valence-corrected chi connectivity index (χ0v) is 32.2. The predicted octanol–water partition coefficient (Wildman–Crippen LogP) is 11.2. The highest BCUT2D eigenvalue weighted by molar-refractivity contribution is 6.02. The van der Waals surface area contributed by atoms with Crippen LogP contribution in [-0.4, -0.2) is 28.5 Å². The first-order chi connectivity index (χ1) is 27.5. The minimum absolute atomic E-state index is 0.380. The molecule has 8 aromatic rings. The van der Waals surface area contributed by atoms with Crippen LogP contribution < -0.4 is 18.9 Å². The highest BCUT2D eigenvalue weighted by Gasteiger charge is 2.24. The molecular weight excluding hydrogens is 697 g/mol. The molecule has 0 aliphatic rings. The van der Waals surface area contributed by atoms with Crippen molar-refractivity contribution in [1.29, 1.82) is 0 Å². The molecule has 0 atom stereocenters. The van der Waals surface area contributed by atoms with Crippen LogP contribution in [0.5, 0.6) is 23.0 Å².